The van der Waals surface area contributed by atoms with Crippen LogP contribution in [0, 0.1) is 6.92 Å². The molecule has 0 unspecified atom stereocenters. The first-order valence-electron chi connectivity index (χ1n) is 7.66. The molecule has 7 heteroatoms. The van der Waals surface area contributed by atoms with Crippen molar-refractivity contribution in [1.82, 2.24) is 10.3 Å². The van der Waals surface area contributed by atoms with E-state index in [1.165, 1.54) is 0 Å². The fourth-order valence-corrected chi connectivity index (χ4v) is 3.59. The Morgan fingerprint density at radius 2 is 1.92 bits per heavy atom. The zero-order valence-corrected chi connectivity index (χ0v) is 16.4. The molecule has 1 aromatic carbocycles. The summed E-state index contributed by atoms with van der Waals surface area (Å²) in [6.07, 6.45) is 2.86. The fourth-order valence-electron chi connectivity index (χ4n) is 2.22. The van der Waals surface area contributed by atoms with Crippen LogP contribution in [0.5, 0.6) is 11.5 Å². The van der Waals surface area contributed by atoms with E-state index in [1.54, 1.807) is 37.7 Å². The minimum atomic E-state index is -0.135. The number of halogens is 1. The van der Waals surface area contributed by atoms with Crippen LogP contribution in [-0.2, 0) is 6.42 Å². The number of rotatable bonds is 8. The van der Waals surface area contributed by atoms with E-state index in [9.17, 15) is 4.79 Å². The molecule has 2 aromatic rings. The smallest absolute Gasteiger partial charge is 0.251 e. The van der Waals surface area contributed by atoms with Gasteiger partial charge in [-0.25, -0.2) is 4.98 Å². The van der Waals surface area contributed by atoms with E-state index in [2.05, 4.69) is 31.6 Å². The molecule has 0 atom stereocenters. The van der Waals surface area contributed by atoms with Gasteiger partial charge < -0.3 is 14.8 Å². The third-order valence-corrected chi connectivity index (χ3v) is 5.29. The first-order valence-corrected chi connectivity index (χ1v) is 9.33. The van der Waals surface area contributed by atoms with Gasteiger partial charge in [0.25, 0.3) is 5.91 Å². The second kappa shape index (κ2) is 9.03. The lowest BCUT2D eigenvalue weighted by Gasteiger charge is -2.11. The SMILES string of the molecule is COc1cc(C(=O)NCCCCc2nc(C)cs2)cc(OC)c1Br. The Labute approximate surface area is 154 Å². The highest BCUT2D eigenvalue weighted by molar-refractivity contribution is 9.10. The third kappa shape index (κ3) is 4.95. The van der Waals surface area contributed by atoms with Gasteiger partial charge in [-0.15, -0.1) is 11.3 Å². The zero-order valence-electron chi connectivity index (χ0n) is 14.0. The number of amides is 1. The number of benzene rings is 1. The molecule has 2 rings (SSSR count). The van der Waals surface area contributed by atoms with Gasteiger partial charge in [0.05, 0.1) is 19.2 Å². The number of nitrogens with one attached hydrogen (secondary N) is 1. The number of carbonyl (C=O) groups excluding carboxylic acids is 1. The molecule has 0 spiro atoms. The van der Waals surface area contributed by atoms with Crippen LogP contribution in [-0.4, -0.2) is 31.7 Å². The third-order valence-electron chi connectivity index (χ3n) is 3.48. The number of aryl methyl sites for hydroxylation is 2. The van der Waals surface area contributed by atoms with Crippen molar-refractivity contribution in [2.24, 2.45) is 0 Å². The maximum absolute atomic E-state index is 12.3. The van der Waals surface area contributed by atoms with Crippen LogP contribution in [0.3, 0.4) is 0 Å². The van der Waals surface area contributed by atoms with Gasteiger partial charge in [-0.3, -0.25) is 4.79 Å². The second-order valence-corrected chi connectivity index (χ2v) is 7.03. The minimum absolute atomic E-state index is 0.135. The Morgan fingerprint density at radius 3 is 2.46 bits per heavy atom. The van der Waals surface area contributed by atoms with E-state index in [-0.39, 0.29) is 5.91 Å². The molecule has 0 saturated heterocycles. The molecule has 1 heterocycles. The molecule has 130 valence electrons. The van der Waals surface area contributed by atoms with E-state index in [4.69, 9.17) is 9.47 Å². The van der Waals surface area contributed by atoms with Gasteiger partial charge in [0.2, 0.25) is 0 Å². The highest BCUT2D eigenvalue weighted by Gasteiger charge is 2.14. The van der Waals surface area contributed by atoms with Crippen LogP contribution >= 0.6 is 27.3 Å². The quantitative estimate of drug-likeness (QED) is 0.665. The van der Waals surface area contributed by atoms with E-state index < -0.39 is 0 Å². The highest BCUT2D eigenvalue weighted by atomic mass is 79.9. The fraction of sp³-hybridized carbons (Fsp3) is 0.412. The van der Waals surface area contributed by atoms with Gasteiger partial charge in [-0.2, -0.15) is 0 Å². The van der Waals surface area contributed by atoms with E-state index in [0.29, 0.717) is 28.1 Å². The largest absolute Gasteiger partial charge is 0.495 e. The first-order chi connectivity index (χ1) is 11.5. The van der Waals surface area contributed by atoms with Gasteiger partial charge >= 0.3 is 0 Å². The zero-order chi connectivity index (χ0) is 17.5. The number of hydrogen-bond acceptors (Lipinski definition) is 5. The van der Waals surface area contributed by atoms with Gasteiger partial charge in [0, 0.05) is 23.2 Å². The summed E-state index contributed by atoms with van der Waals surface area (Å²) in [6, 6.07) is 3.39. The Balaban J connectivity index is 1.84. The molecule has 0 aliphatic rings. The van der Waals surface area contributed by atoms with Crippen molar-refractivity contribution in [1.29, 1.82) is 0 Å². The summed E-state index contributed by atoms with van der Waals surface area (Å²) in [6.45, 7) is 2.63. The number of unbranched alkanes of at least 4 members (excludes halogenated alkanes) is 1. The molecule has 0 aliphatic carbocycles. The van der Waals surface area contributed by atoms with Crippen molar-refractivity contribution < 1.29 is 14.3 Å². The summed E-state index contributed by atoms with van der Waals surface area (Å²) in [5, 5.41) is 6.14. The van der Waals surface area contributed by atoms with Crippen LogP contribution in [0.2, 0.25) is 0 Å². The predicted octanol–water partition coefficient (Wildman–Crippen LogP) is 3.98. The number of methoxy groups -OCH3 is 2. The van der Waals surface area contributed by atoms with Crippen LogP contribution < -0.4 is 14.8 Å². The molecule has 0 saturated carbocycles. The summed E-state index contributed by atoms with van der Waals surface area (Å²) in [4.78, 5) is 16.7. The molecule has 1 N–H and O–H groups in total. The maximum Gasteiger partial charge on any atom is 0.251 e. The number of nitrogens with zero attached hydrogens (tertiary/aromatic N) is 1. The standard InChI is InChI=1S/C17H21BrN2O3S/c1-11-10-24-15(20-11)6-4-5-7-19-17(21)12-8-13(22-2)16(18)14(9-12)23-3/h8-10H,4-7H2,1-3H3,(H,19,21). The lowest BCUT2D eigenvalue weighted by Crippen LogP contribution is -2.24. The van der Waals surface area contributed by atoms with Gasteiger partial charge in [-0.05, 0) is 54.2 Å². The first kappa shape index (κ1) is 18.7. The van der Waals surface area contributed by atoms with Gasteiger partial charge in [0.15, 0.2) is 0 Å². The highest BCUT2D eigenvalue weighted by Crippen LogP contribution is 2.35. The topological polar surface area (TPSA) is 60.5 Å². The summed E-state index contributed by atoms with van der Waals surface area (Å²) < 4.78 is 11.2. The molecule has 0 radical (unpaired) electrons. The number of carbonyl (C=O) groups is 1. The summed E-state index contributed by atoms with van der Waals surface area (Å²) >= 11 is 5.08. The number of hydrogen-bond donors (Lipinski definition) is 1. The van der Waals surface area contributed by atoms with Crippen LogP contribution in [0.15, 0.2) is 22.0 Å². The average Bonchev–Trinajstić information content (AvgIpc) is 2.99. The Bertz CT molecular complexity index is 678. The van der Waals surface area contributed by atoms with Crippen LogP contribution in [0.1, 0.15) is 33.9 Å². The van der Waals surface area contributed by atoms with Gasteiger partial charge in [0.1, 0.15) is 16.0 Å². The molecule has 5 nitrogen and oxygen atoms in total. The molecule has 1 amide bonds. The number of ether oxygens (including phenoxy) is 2. The molecular formula is C17H21BrN2O3S. The number of aromatic nitrogens is 1. The Hall–Kier alpha value is -1.60. The maximum atomic E-state index is 12.3. The minimum Gasteiger partial charge on any atom is -0.495 e. The van der Waals surface area contributed by atoms with Crippen molar-refractivity contribution in [3.05, 3.63) is 38.3 Å². The van der Waals surface area contributed by atoms with Crippen molar-refractivity contribution in [2.45, 2.75) is 26.2 Å². The molecule has 0 fully saturated rings. The molecule has 24 heavy (non-hydrogen) atoms. The predicted molar refractivity (Wildman–Crippen MR) is 99.4 cm³/mol. The Morgan fingerprint density at radius 1 is 1.25 bits per heavy atom. The summed E-state index contributed by atoms with van der Waals surface area (Å²) in [7, 11) is 3.11. The Kier molecular flexibility index (Phi) is 7.05. The normalized spacial score (nSPS) is 10.5. The van der Waals surface area contributed by atoms with E-state index in [0.717, 1.165) is 30.0 Å². The number of thiazole rings is 1. The van der Waals surface area contributed by atoms with Gasteiger partial charge in [-0.1, -0.05) is 0 Å². The van der Waals surface area contributed by atoms with Crippen molar-refractivity contribution in [2.75, 3.05) is 20.8 Å². The molecule has 0 aliphatic heterocycles. The molecule has 0 bridgehead atoms. The lowest BCUT2D eigenvalue weighted by molar-refractivity contribution is 0.0952. The lowest BCUT2D eigenvalue weighted by atomic mass is 10.1. The summed E-state index contributed by atoms with van der Waals surface area (Å²) in [5.41, 5.74) is 1.59. The van der Waals surface area contributed by atoms with Crippen molar-refractivity contribution >= 4 is 33.2 Å². The average molecular weight is 413 g/mol. The van der Waals surface area contributed by atoms with Crippen LogP contribution in [0.25, 0.3) is 0 Å². The molecular weight excluding hydrogens is 392 g/mol. The van der Waals surface area contributed by atoms with Crippen molar-refractivity contribution in [3.8, 4) is 11.5 Å². The van der Waals surface area contributed by atoms with Crippen molar-refractivity contribution in [3.63, 3.8) is 0 Å². The monoisotopic (exact) mass is 412 g/mol. The van der Waals surface area contributed by atoms with E-state index >= 15 is 0 Å². The van der Waals surface area contributed by atoms with E-state index in [1.807, 2.05) is 6.92 Å². The summed E-state index contributed by atoms with van der Waals surface area (Å²) in [5.74, 6) is 1.00. The molecule has 1 aromatic heterocycles. The second-order valence-electron chi connectivity index (χ2n) is 5.29. The van der Waals surface area contributed by atoms with Crippen LogP contribution in [0.4, 0.5) is 0 Å².